The van der Waals surface area contributed by atoms with Crippen LogP contribution in [0.25, 0.3) is 0 Å². The van der Waals surface area contributed by atoms with Crippen LogP contribution in [0.4, 0.5) is 22.0 Å². The van der Waals surface area contributed by atoms with E-state index in [0.717, 1.165) is 6.07 Å². The number of nitrogens with zero attached hydrogens (tertiary/aromatic N) is 2. The number of alkyl halides is 3. The smallest absolute Gasteiger partial charge is 0.339 e. The lowest BCUT2D eigenvalue weighted by atomic mass is 10.0. The molecule has 1 heterocycles. The van der Waals surface area contributed by atoms with Gasteiger partial charge in [-0.25, -0.2) is 8.78 Å². The number of benzene rings is 1. The molecular weight excluding hydrogens is 333 g/mol. The zero-order valence-electron chi connectivity index (χ0n) is 12.8. The molecule has 0 aliphatic carbocycles. The number of amides is 1. The predicted octanol–water partition coefficient (Wildman–Crippen LogP) is 3.20. The maximum absolute atomic E-state index is 13.7. The molecule has 0 saturated carbocycles. The van der Waals surface area contributed by atoms with Gasteiger partial charge in [-0.15, -0.1) is 0 Å². The second-order valence-electron chi connectivity index (χ2n) is 5.26. The van der Waals surface area contributed by atoms with Crippen LogP contribution in [0.3, 0.4) is 0 Å². The van der Waals surface area contributed by atoms with Gasteiger partial charge in [-0.05, 0) is 32.0 Å². The van der Waals surface area contributed by atoms with Crippen LogP contribution in [0.5, 0.6) is 0 Å². The summed E-state index contributed by atoms with van der Waals surface area (Å²) in [5.41, 5.74) is -0.0807. The fraction of sp³-hybridized carbons (Fsp3) is 0.333. The van der Waals surface area contributed by atoms with Crippen molar-refractivity contribution in [2.75, 3.05) is 0 Å². The van der Waals surface area contributed by atoms with Crippen LogP contribution in [-0.2, 0) is 11.3 Å². The number of aromatic nitrogens is 2. The van der Waals surface area contributed by atoms with Gasteiger partial charge in [0, 0.05) is 5.69 Å². The minimum atomic E-state index is -5.06. The van der Waals surface area contributed by atoms with E-state index in [1.165, 1.54) is 4.68 Å². The highest BCUT2D eigenvalue weighted by Crippen LogP contribution is 2.35. The van der Waals surface area contributed by atoms with Crippen molar-refractivity contribution in [2.45, 2.75) is 32.6 Å². The average Bonchev–Trinajstić information content (AvgIpc) is 2.74. The Morgan fingerprint density at radius 1 is 1.25 bits per heavy atom. The van der Waals surface area contributed by atoms with E-state index in [1.807, 2.05) is 0 Å². The van der Waals surface area contributed by atoms with Crippen LogP contribution in [0.15, 0.2) is 24.3 Å². The molecule has 2 aromatic rings. The summed E-state index contributed by atoms with van der Waals surface area (Å²) < 4.78 is 68.1. The normalized spacial score (nSPS) is 13.0. The fourth-order valence-corrected chi connectivity index (χ4v) is 2.28. The number of carbonyl (C=O) groups excluding carboxylic acids is 1. The summed E-state index contributed by atoms with van der Waals surface area (Å²) in [6, 6.07) is 1.20. The molecule has 0 fully saturated rings. The number of hydrogen-bond donors (Lipinski definition) is 1. The number of rotatable bonds is 4. The Hall–Kier alpha value is -2.45. The van der Waals surface area contributed by atoms with Crippen molar-refractivity contribution in [2.24, 2.45) is 0 Å². The third-order valence-electron chi connectivity index (χ3n) is 3.32. The molecule has 0 spiro atoms. The Morgan fingerprint density at radius 2 is 1.83 bits per heavy atom. The lowest BCUT2D eigenvalue weighted by Crippen LogP contribution is -2.41. The maximum Gasteiger partial charge on any atom is 0.413 e. The van der Waals surface area contributed by atoms with Crippen molar-refractivity contribution < 1.29 is 26.7 Å². The van der Waals surface area contributed by atoms with Crippen molar-refractivity contribution in [1.29, 1.82) is 0 Å². The van der Waals surface area contributed by atoms with Crippen LogP contribution in [-0.4, -0.2) is 21.9 Å². The van der Waals surface area contributed by atoms with Crippen LogP contribution in [0.2, 0.25) is 0 Å². The van der Waals surface area contributed by atoms with Crippen LogP contribution >= 0.6 is 0 Å². The molecule has 1 aromatic carbocycles. The first-order valence-corrected chi connectivity index (χ1v) is 6.90. The number of nitrogens with one attached hydrogen (secondary N) is 1. The van der Waals surface area contributed by atoms with Crippen LogP contribution in [0, 0.1) is 25.5 Å². The molecule has 1 unspecified atom stereocenters. The van der Waals surface area contributed by atoms with Gasteiger partial charge >= 0.3 is 6.18 Å². The molecule has 1 amide bonds. The van der Waals surface area contributed by atoms with Gasteiger partial charge in [-0.3, -0.25) is 9.48 Å². The van der Waals surface area contributed by atoms with Crippen LogP contribution in [0.1, 0.15) is 23.0 Å². The van der Waals surface area contributed by atoms with Crippen molar-refractivity contribution in [3.05, 3.63) is 52.9 Å². The van der Waals surface area contributed by atoms with E-state index in [0.29, 0.717) is 23.5 Å². The lowest BCUT2D eigenvalue weighted by Gasteiger charge is -2.23. The topological polar surface area (TPSA) is 46.9 Å². The van der Waals surface area contributed by atoms with E-state index >= 15 is 0 Å². The van der Waals surface area contributed by atoms with Gasteiger partial charge in [0.1, 0.15) is 18.2 Å². The summed E-state index contributed by atoms with van der Waals surface area (Å²) in [4.78, 5) is 11.9. The number of carbonyl (C=O) groups is 1. The predicted molar refractivity (Wildman–Crippen MR) is 75.0 cm³/mol. The molecule has 4 nitrogen and oxygen atoms in total. The van der Waals surface area contributed by atoms with Gasteiger partial charge in [0.15, 0.2) is 6.04 Å². The first kappa shape index (κ1) is 17.9. The first-order chi connectivity index (χ1) is 11.1. The fourth-order valence-electron chi connectivity index (χ4n) is 2.28. The minimum absolute atomic E-state index is 0.498. The molecule has 1 atom stereocenters. The summed E-state index contributed by atoms with van der Waals surface area (Å²) >= 11 is 0. The number of hydrogen-bond acceptors (Lipinski definition) is 2. The Morgan fingerprint density at radius 3 is 2.29 bits per heavy atom. The van der Waals surface area contributed by atoms with Gasteiger partial charge in [-0.2, -0.15) is 18.3 Å². The third-order valence-corrected chi connectivity index (χ3v) is 3.32. The molecule has 1 aromatic heterocycles. The number of aryl methyl sites for hydroxylation is 2. The number of halogens is 5. The standard InChI is InChI=1S/C15H14F5N3O/c1-8-6-9(2)23(22-8)7-12(24)21-14(15(18,19)20)13-10(16)4-3-5-11(13)17/h3-6,14H,7H2,1-2H3,(H,21,24). The molecule has 0 aliphatic heterocycles. The monoisotopic (exact) mass is 347 g/mol. The lowest BCUT2D eigenvalue weighted by molar-refractivity contribution is -0.164. The Balaban J connectivity index is 2.27. The molecule has 9 heteroatoms. The third kappa shape index (κ3) is 3.90. The maximum atomic E-state index is 13.7. The van der Waals surface area contributed by atoms with E-state index in [4.69, 9.17) is 0 Å². The quantitative estimate of drug-likeness (QED) is 0.864. The van der Waals surface area contributed by atoms with Gasteiger partial charge in [0.2, 0.25) is 5.91 Å². The zero-order valence-corrected chi connectivity index (χ0v) is 12.8. The Labute approximate surface area is 134 Å². The molecule has 1 N–H and O–H groups in total. The highest BCUT2D eigenvalue weighted by molar-refractivity contribution is 5.76. The van der Waals surface area contributed by atoms with Crippen molar-refractivity contribution in [3.63, 3.8) is 0 Å². The average molecular weight is 347 g/mol. The summed E-state index contributed by atoms with van der Waals surface area (Å²) in [6.45, 7) is 2.79. The zero-order chi connectivity index (χ0) is 18.1. The van der Waals surface area contributed by atoms with Crippen molar-refractivity contribution >= 4 is 5.91 Å². The molecule has 130 valence electrons. The van der Waals surface area contributed by atoms with Gasteiger partial charge in [0.25, 0.3) is 0 Å². The molecule has 0 saturated heterocycles. The Bertz CT molecular complexity index is 734. The highest BCUT2D eigenvalue weighted by atomic mass is 19.4. The first-order valence-electron chi connectivity index (χ1n) is 6.90. The minimum Gasteiger partial charge on any atom is -0.339 e. The molecule has 0 aliphatic rings. The Kier molecular flexibility index (Phi) is 4.91. The summed E-state index contributed by atoms with van der Waals surface area (Å²) in [6.07, 6.45) is -5.06. The van der Waals surface area contributed by atoms with Gasteiger partial charge in [-0.1, -0.05) is 6.07 Å². The second kappa shape index (κ2) is 6.58. The molecule has 0 radical (unpaired) electrons. The largest absolute Gasteiger partial charge is 0.413 e. The second-order valence-corrected chi connectivity index (χ2v) is 5.26. The molecule has 2 rings (SSSR count). The molecular formula is C15H14F5N3O. The molecule has 0 bridgehead atoms. The summed E-state index contributed by atoms with van der Waals surface area (Å²) in [5, 5.41) is 5.59. The van der Waals surface area contributed by atoms with Crippen molar-refractivity contribution in [3.8, 4) is 0 Å². The highest BCUT2D eigenvalue weighted by Gasteiger charge is 2.44. The van der Waals surface area contributed by atoms with Gasteiger partial charge in [0.05, 0.1) is 11.3 Å². The van der Waals surface area contributed by atoms with E-state index in [1.54, 1.807) is 25.2 Å². The van der Waals surface area contributed by atoms with E-state index < -0.39 is 41.9 Å². The van der Waals surface area contributed by atoms with E-state index in [9.17, 15) is 26.7 Å². The van der Waals surface area contributed by atoms with Gasteiger partial charge < -0.3 is 5.32 Å². The van der Waals surface area contributed by atoms with E-state index in [-0.39, 0.29) is 0 Å². The van der Waals surface area contributed by atoms with Crippen LogP contribution < -0.4 is 5.32 Å². The van der Waals surface area contributed by atoms with Crippen molar-refractivity contribution in [1.82, 2.24) is 15.1 Å². The molecule has 24 heavy (non-hydrogen) atoms. The summed E-state index contributed by atoms with van der Waals surface area (Å²) in [5.74, 6) is -3.83. The summed E-state index contributed by atoms with van der Waals surface area (Å²) in [7, 11) is 0. The SMILES string of the molecule is Cc1cc(C)n(CC(=O)NC(c2c(F)cccc2F)C(F)(F)F)n1. The van der Waals surface area contributed by atoms with E-state index in [2.05, 4.69) is 5.10 Å².